The van der Waals surface area contributed by atoms with Gasteiger partial charge in [0.15, 0.2) is 0 Å². The Morgan fingerprint density at radius 2 is 2.04 bits per heavy atom. The zero-order valence-electron chi connectivity index (χ0n) is 13.4. The minimum atomic E-state index is -4.01. The Bertz CT molecular complexity index is 932. The molecule has 7 nitrogen and oxygen atoms in total. The first-order valence-electron chi connectivity index (χ1n) is 7.40. The first kappa shape index (κ1) is 18.3. The molecule has 0 atom stereocenters. The summed E-state index contributed by atoms with van der Waals surface area (Å²) >= 11 is 0. The van der Waals surface area contributed by atoms with Crippen molar-refractivity contribution in [3.8, 4) is 11.8 Å². The van der Waals surface area contributed by atoms with Gasteiger partial charge >= 0.3 is 5.97 Å². The number of hydrogen-bond donors (Lipinski definition) is 2. The number of aromatic carboxylic acids is 1. The number of nitriles is 1. The molecule has 0 heterocycles. The number of nitrogens with one attached hydrogen (secondary N) is 1. The van der Waals surface area contributed by atoms with Gasteiger partial charge in [-0.15, -0.1) is 0 Å². The van der Waals surface area contributed by atoms with Crippen LogP contribution in [0.15, 0.2) is 47.4 Å². The van der Waals surface area contributed by atoms with Crippen LogP contribution in [0.5, 0.6) is 5.75 Å². The van der Waals surface area contributed by atoms with Gasteiger partial charge < -0.3 is 9.84 Å². The van der Waals surface area contributed by atoms with Gasteiger partial charge in [0, 0.05) is 0 Å². The van der Waals surface area contributed by atoms with Crippen molar-refractivity contribution in [2.75, 3.05) is 11.3 Å². The van der Waals surface area contributed by atoms with Crippen molar-refractivity contribution in [3.05, 3.63) is 53.6 Å². The van der Waals surface area contributed by atoms with Crippen LogP contribution < -0.4 is 9.46 Å². The maximum absolute atomic E-state index is 12.6. The molecule has 0 amide bonds. The highest BCUT2D eigenvalue weighted by Crippen LogP contribution is 2.29. The van der Waals surface area contributed by atoms with Crippen molar-refractivity contribution in [1.29, 1.82) is 5.26 Å². The van der Waals surface area contributed by atoms with E-state index in [4.69, 9.17) is 15.1 Å². The van der Waals surface area contributed by atoms with E-state index < -0.39 is 16.0 Å². The lowest BCUT2D eigenvalue weighted by Gasteiger charge is -2.14. The minimum absolute atomic E-state index is 0.0238. The van der Waals surface area contributed by atoms with Gasteiger partial charge in [0.25, 0.3) is 10.0 Å². The number of carbonyl (C=O) groups is 1. The van der Waals surface area contributed by atoms with Gasteiger partial charge in [0.1, 0.15) is 5.75 Å². The number of carboxylic acid groups (broad SMARTS) is 1. The second kappa shape index (κ2) is 7.68. The summed E-state index contributed by atoms with van der Waals surface area (Å²) in [5.74, 6) is -0.958. The predicted octanol–water partition coefficient (Wildman–Crippen LogP) is 2.85. The Labute approximate surface area is 145 Å². The number of nitrogens with zero attached hydrogens (tertiary/aromatic N) is 1. The molecule has 2 aromatic carbocycles. The molecule has 0 fully saturated rings. The number of sulfonamides is 1. The largest absolute Gasteiger partial charge is 0.491 e. The molecule has 0 spiro atoms. The molecule has 130 valence electrons. The lowest BCUT2D eigenvalue weighted by Crippen LogP contribution is -2.15. The fourth-order valence-corrected chi connectivity index (χ4v) is 3.12. The number of ether oxygens (including phenoxy) is 1. The second-order valence-corrected chi connectivity index (χ2v) is 6.79. The highest BCUT2D eigenvalue weighted by atomic mass is 32.2. The molecule has 0 aliphatic rings. The Morgan fingerprint density at radius 3 is 2.68 bits per heavy atom. The molecular weight excluding hydrogens is 344 g/mol. The summed E-state index contributed by atoms with van der Waals surface area (Å²) in [6.07, 6.45) is 0.705. The number of carboxylic acids is 1. The first-order valence-corrected chi connectivity index (χ1v) is 8.89. The highest BCUT2D eigenvalue weighted by Gasteiger charge is 2.18. The van der Waals surface area contributed by atoms with Crippen LogP contribution in [0.25, 0.3) is 0 Å². The van der Waals surface area contributed by atoms with Gasteiger partial charge in [0.05, 0.1) is 34.4 Å². The van der Waals surface area contributed by atoms with Crippen molar-refractivity contribution < 1.29 is 23.1 Å². The zero-order chi connectivity index (χ0) is 18.4. The molecule has 2 rings (SSSR count). The molecule has 0 aliphatic heterocycles. The first-order chi connectivity index (χ1) is 11.9. The van der Waals surface area contributed by atoms with E-state index in [-0.39, 0.29) is 27.5 Å². The SMILES string of the molecule is CCCOc1ccc(C(=O)O)cc1NS(=O)(=O)c1cccc(C#N)c1. The Morgan fingerprint density at radius 1 is 1.28 bits per heavy atom. The monoisotopic (exact) mass is 360 g/mol. The van der Waals surface area contributed by atoms with Crippen molar-refractivity contribution in [2.45, 2.75) is 18.2 Å². The van der Waals surface area contributed by atoms with Crippen LogP contribution in [-0.4, -0.2) is 26.1 Å². The molecule has 2 N–H and O–H groups in total. The average Bonchev–Trinajstić information content (AvgIpc) is 2.60. The van der Waals surface area contributed by atoms with E-state index in [2.05, 4.69) is 4.72 Å². The van der Waals surface area contributed by atoms with E-state index in [0.717, 1.165) is 0 Å². The molecule has 0 aromatic heterocycles. The van der Waals surface area contributed by atoms with Crippen LogP contribution in [0.1, 0.15) is 29.3 Å². The number of anilines is 1. The van der Waals surface area contributed by atoms with Crippen molar-refractivity contribution >= 4 is 21.7 Å². The van der Waals surface area contributed by atoms with Crippen LogP contribution >= 0.6 is 0 Å². The lowest BCUT2D eigenvalue weighted by atomic mass is 10.2. The third-order valence-electron chi connectivity index (χ3n) is 3.21. The summed E-state index contributed by atoms with van der Waals surface area (Å²) < 4.78 is 32.9. The molecular formula is C17H16N2O5S. The fraction of sp³-hybridized carbons (Fsp3) is 0.176. The van der Waals surface area contributed by atoms with Gasteiger partial charge in [-0.05, 0) is 42.8 Å². The summed E-state index contributed by atoms with van der Waals surface area (Å²) in [5, 5.41) is 18.0. The number of hydrogen-bond acceptors (Lipinski definition) is 5. The van der Waals surface area contributed by atoms with Crippen molar-refractivity contribution in [2.24, 2.45) is 0 Å². The molecule has 25 heavy (non-hydrogen) atoms. The van der Waals surface area contributed by atoms with Crippen LogP contribution in [0.2, 0.25) is 0 Å². The quantitative estimate of drug-likeness (QED) is 0.784. The maximum atomic E-state index is 12.6. The van der Waals surface area contributed by atoms with Gasteiger partial charge in [-0.3, -0.25) is 4.72 Å². The van der Waals surface area contributed by atoms with Gasteiger partial charge in [-0.1, -0.05) is 13.0 Å². The summed E-state index contributed by atoms with van der Waals surface area (Å²) in [6.45, 7) is 2.24. The molecule has 0 unspecified atom stereocenters. The predicted molar refractivity (Wildman–Crippen MR) is 91.2 cm³/mol. The van der Waals surface area contributed by atoms with Crippen LogP contribution in [-0.2, 0) is 10.0 Å². The molecule has 0 bridgehead atoms. The molecule has 0 radical (unpaired) electrons. The Kier molecular flexibility index (Phi) is 5.62. The summed E-state index contributed by atoms with van der Waals surface area (Å²) in [5.41, 5.74) is 0.146. The zero-order valence-corrected chi connectivity index (χ0v) is 14.2. The topological polar surface area (TPSA) is 116 Å². The van der Waals surface area contributed by atoms with E-state index in [1.54, 1.807) is 0 Å². The molecule has 0 saturated heterocycles. The molecule has 8 heteroatoms. The molecule has 2 aromatic rings. The third-order valence-corrected chi connectivity index (χ3v) is 4.57. The smallest absolute Gasteiger partial charge is 0.335 e. The van der Waals surface area contributed by atoms with Gasteiger partial charge in [0.2, 0.25) is 0 Å². The minimum Gasteiger partial charge on any atom is -0.491 e. The highest BCUT2D eigenvalue weighted by molar-refractivity contribution is 7.92. The average molecular weight is 360 g/mol. The van der Waals surface area contributed by atoms with Crippen LogP contribution in [0.4, 0.5) is 5.69 Å². The van der Waals surface area contributed by atoms with Crippen molar-refractivity contribution in [1.82, 2.24) is 0 Å². The third kappa shape index (κ3) is 4.49. The van der Waals surface area contributed by atoms with Crippen LogP contribution in [0.3, 0.4) is 0 Å². The number of benzene rings is 2. The van der Waals surface area contributed by atoms with E-state index in [1.165, 1.54) is 42.5 Å². The standard InChI is InChI=1S/C17H16N2O5S/c1-2-8-24-16-7-6-13(17(20)21)10-15(16)19-25(22,23)14-5-3-4-12(9-14)11-18/h3-7,9-10,19H,2,8H2,1H3,(H,20,21). The maximum Gasteiger partial charge on any atom is 0.335 e. The van der Waals surface area contributed by atoms with Crippen molar-refractivity contribution in [3.63, 3.8) is 0 Å². The van der Waals surface area contributed by atoms with E-state index in [9.17, 15) is 13.2 Å². The molecule has 0 saturated carbocycles. The fourth-order valence-electron chi connectivity index (χ4n) is 2.02. The van der Waals surface area contributed by atoms with E-state index in [1.807, 2.05) is 13.0 Å². The second-order valence-electron chi connectivity index (χ2n) is 5.11. The van der Waals surface area contributed by atoms with Gasteiger partial charge in [-0.25, -0.2) is 13.2 Å². The van der Waals surface area contributed by atoms with Gasteiger partial charge in [-0.2, -0.15) is 5.26 Å². The number of rotatable bonds is 7. The van der Waals surface area contributed by atoms with E-state index >= 15 is 0 Å². The Hall–Kier alpha value is -3.05. The normalized spacial score (nSPS) is 10.7. The lowest BCUT2D eigenvalue weighted by molar-refractivity contribution is 0.0697. The Balaban J connectivity index is 2.43. The summed E-state index contributed by atoms with van der Waals surface area (Å²) in [6, 6.07) is 11.3. The van der Waals surface area contributed by atoms with E-state index in [0.29, 0.717) is 13.0 Å². The summed E-state index contributed by atoms with van der Waals surface area (Å²) in [4.78, 5) is 11.0. The summed E-state index contributed by atoms with van der Waals surface area (Å²) in [7, 11) is -4.01. The van der Waals surface area contributed by atoms with Crippen LogP contribution in [0, 0.1) is 11.3 Å². The molecule has 0 aliphatic carbocycles.